The molecule has 0 aliphatic carbocycles. The number of carboxylic acid groups (broad SMARTS) is 1. The van der Waals surface area contributed by atoms with Gasteiger partial charge in [-0.15, -0.1) is 0 Å². The molecule has 188 valence electrons. The van der Waals surface area contributed by atoms with Crippen LogP contribution in [0.15, 0.2) is 51.4 Å². The second kappa shape index (κ2) is 15.7. The molecule has 0 amide bonds. The Kier molecular flexibility index (Phi) is 14.2. The van der Waals surface area contributed by atoms with Crippen molar-refractivity contribution in [1.29, 1.82) is 10.5 Å². The summed E-state index contributed by atoms with van der Waals surface area (Å²) in [5.74, 6) is -0.365. The number of benzene rings is 3. The molecule has 0 aromatic heterocycles. The molecule has 0 aliphatic rings. The van der Waals surface area contributed by atoms with Crippen LogP contribution >= 0.6 is 100 Å². The molecule has 13 heteroatoms. The van der Waals surface area contributed by atoms with Gasteiger partial charge in [0.05, 0.1) is 44.4 Å². The second-order valence-corrected chi connectivity index (χ2v) is 11.4. The van der Waals surface area contributed by atoms with Crippen molar-refractivity contribution in [2.45, 2.75) is 13.0 Å². The number of halogens is 6. The van der Waals surface area contributed by atoms with E-state index in [-0.39, 0.29) is 11.5 Å². The predicted molar refractivity (Wildman–Crippen MR) is 161 cm³/mol. The Labute approximate surface area is 261 Å². The van der Waals surface area contributed by atoms with E-state index >= 15 is 0 Å². The molecular formula is C23H14Br2Cl2I2N2O5. The summed E-state index contributed by atoms with van der Waals surface area (Å²) in [6.07, 6.45) is -0.936. The van der Waals surface area contributed by atoms with Crippen LogP contribution in [0.3, 0.4) is 0 Å². The van der Waals surface area contributed by atoms with Gasteiger partial charge < -0.3 is 20.1 Å². The SMILES string of the molecule is CC(Oc1ccc(Cl)cc1Cl)C(=O)O.N#Cc1cc(Br)c(O)c(Br)c1.N#Cc1cc(I)c(O)c(I)c1. The summed E-state index contributed by atoms with van der Waals surface area (Å²) in [7, 11) is 0. The normalized spacial score (nSPS) is 10.4. The van der Waals surface area contributed by atoms with Crippen LogP contribution in [-0.4, -0.2) is 27.4 Å². The monoisotopic (exact) mass is 880 g/mol. The lowest BCUT2D eigenvalue weighted by Crippen LogP contribution is -2.22. The van der Waals surface area contributed by atoms with Crippen molar-refractivity contribution < 1.29 is 24.9 Å². The summed E-state index contributed by atoms with van der Waals surface area (Å²) in [6, 6.07) is 15.0. The van der Waals surface area contributed by atoms with Gasteiger partial charge in [-0.1, -0.05) is 23.2 Å². The van der Waals surface area contributed by atoms with E-state index in [2.05, 4.69) is 31.9 Å². The van der Waals surface area contributed by atoms with Gasteiger partial charge in [-0.05, 0) is 126 Å². The van der Waals surface area contributed by atoms with E-state index in [1.54, 1.807) is 30.3 Å². The third-order valence-electron chi connectivity index (χ3n) is 3.84. The lowest BCUT2D eigenvalue weighted by Gasteiger charge is -2.11. The molecule has 0 fully saturated rings. The van der Waals surface area contributed by atoms with Crippen LogP contribution in [0.1, 0.15) is 18.1 Å². The topological polar surface area (TPSA) is 135 Å². The first-order chi connectivity index (χ1) is 16.8. The number of phenols is 2. The predicted octanol–water partition coefficient (Wildman–Crippen LogP) is 8.11. The molecule has 0 spiro atoms. The summed E-state index contributed by atoms with van der Waals surface area (Å²) >= 11 is 21.6. The van der Waals surface area contributed by atoms with Gasteiger partial charge in [0.25, 0.3) is 0 Å². The van der Waals surface area contributed by atoms with Crippen molar-refractivity contribution in [3.05, 3.63) is 79.7 Å². The van der Waals surface area contributed by atoms with Crippen LogP contribution in [0.5, 0.6) is 17.2 Å². The van der Waals surface area contributed by atoms with Gasteiger partial charge in [0.1, 0.15) is 17.2 Å². The summed E-state index contributed by atoms with van der Waals surface area (Å²) in [4.78, 5) is 10.5. The zero-order chi connectivity index (χ0) is 27.6. The number of carboxylic acids is 1. The van der Waals surface area contributed by atoms with E-state index in [4.69, 9.17) is 43.6 Å². The minimum Gasteiger partial charge on any atom is -0.506 e. The smallest absolute Gasteiger partial charge is 0.344 e. The van der Waals surface area contributed by atoms with Gasteiger partial charge >= 0.3 is 5.97 Å². The number of rotatable bonds is 3. The molecule has 3 rings (SSSR count). The van der Waals surface area contributed by atoms with Gasteiger partial charge in [0.15, 0.2) is 6.10 Å². The third kappa shape index (κ3) is 10.5. The third-order valence-corrected chi connectivity index (χ3v) is 7.22. The van der Waals surface area contributed by atoms with Gasteiger partial charge in [-0.2, -0.15) is 10.5 Å². The van der Waals surface area contributed by atoms with Crippen LogP contribution in [0.25, 0.3) is 0 Å². The number of ether oxygens (including phenoxy) is 1. The summed E-state index contributed by atoms with van der Waals surface area (Å²) < 4.78 is 7.53. The van der Waals surface area contributed by atoms with Crippen LogP contribution in [0.4, 0.5) is 0 Å². The zero-order valence-corrected chi connectivity index (χ0v) is 26.9. The lowest BCUT2D eigenvalue weighted by molar-refractivity contribution is -0.144. The van der Waals surface area contributed by atoms with E-state index in [9.17, 15) is 15.0 Å². The van der Waals surface area contributed by atoms with Crippen molar-refractivity contribution in [2.24, 2.45) is 0 Å². The number of nitrogens with zero attached hydrogens (tertiary/aromatic N) is 2. The van der Waals surface area contributed by atoms with E-state index < -0.39 is 12.1 Å². The van der Waals surface area contributed by atoms with E-state index in [0.29, 0.717) is 43.0 Å². The van der Waals surface area contributed by atoms with Gasteiger partial charge in [0, 0.05) is 5.02 Å². The number of aliphatic carboxylic acids is 1. The molecule has 0 heterocycles. The van der Waals surface area contributed by atoms with Crippen molar-refractivity contribution in [2.75, 3.05) is 0 Å². The highest BCUT2D eigenvalue weighted by molar-refractivity contribution is 14.1. The van der Waals surface area contributed by atoms with E-state index in [1.807, 2.05) is 57.3 Å². The molecule has 0 saturated heterocycles. The van der Waals surface area contributed by atoms with Crippen LogP contribution in [0.2, 0.25) is 10.0 Å². The Morgan fingerprint density at radius 3 is 1.83 bits per heavy atom. The maximum atomic E-state index is 10.5. The molecule has 1 atom stereocenters. The van der Waals surface area contributed by atoms with Crippen molar-refractivity contribution in [3.63, 3.8) is 0 Å². The lowest BCUT2D eigenvalue weighted by atomic mass is 10.2. The Morgan fingerprint density at radius 2 is 1.42 bits per heavy atom. The average Bonchev–Trinajstić information content (AvgIpc) is 2.82. The maximum absolute atomic E-state index is 10.5. The molecule has 3 aromatic rings. The highest BCUT2D eigenvalue weighted by Crippen LogP contribution is 2.33. The number of carbonyl (C=O) groups is 1. The van der Waals surface area contributed by atoms with Gasteiger partial charge in [-0.3, -0.25) is 0 Å². The number of hydrogen-bond acceptors (Lipinski definition) is 6. The first-order valence-electron chi connectivity index (χ1n) is 9.31. The summed E-state index contributed by atoms with van der Waals surface area (Å²) in [6.45, 7) is 1.42. The van der Waals surface area contributed by atoms with Crippen LogP contribution in [-0.2, 0) is 4.79 Å². The minimum atomic E-state index is -1.05. The summed E-state index contributed by atoms with van der Waals surface area (Å²) in [5, 5.41) is 44.9. The molecule has 36 heavy (non-hydrogen) atoms. The summed E-state index contributed by atoms with van der Waals surface area (Å²) in [5.41, 5.74) is 1.08. The Hall–Kier alpha value is -1.49. The zero-order valence-electron chi connectivity index (χ0n) is 17.9. The van der Waals surface area contributed by atoms with E-state index in [1.165, 1.54) is 19.1 Å². The van der Waals surface area contributed by atoms with Crippen molar-refractivity contribution in [1.82, 2.24) is 0 Å². The number of nitriles is 2. The highest BCUT2D eigenvalue weighted by atomic mass is 127. The molecule has 0 bridgehead atoms. The molecule has 1 unspecified atom stereocenters. The number of hydrogen-bond donors (Lipinski definition) is 3. The van der Waals surface area contributed by atoms with Crippen molar-refractivity contribution in [3.8, 4) is 29.4 Å². The number of aromatic hydroxyl groups is 2. The molecule has 3 N–H and O–H groups in total. The first kappa shape index (κ1) is 32.5. The molecule has 0 saturated carbocycles. The van der Waals surface area contributed by atoms with E-state index in [0.717, 1.165) is 0 Å². The maximum Gasteiger partial charge on any atom is 0.344 e. The Balaban J connectivity index is 0.000000273. The van der Waals surface area contributed by atoms with Gasteiger partial charge in [0.2, 0.25) is 0 Å². The van der Waals surface area contributed by atoms with Gasteiger partial charge in [-0.25, -0.2) is 4.79 Å². The molecule has 3 aromatic carbocycles. The van der Waals surface area contributed by atoms with Crippen molar-refractivity contribution >= 4 is 106 Å². The molecule has 7 nitrogen and oxygen atoms in total. The quantitative estimate of drug-likeness (QED) is 0.227. The van der Waals surface area contributed by atoms with Crippen LogP contribution in [0, 0.1) is 29.8 Å². The highest BCUT2D eigenvalue weighted by Gasteiger charge is 2.14. The molecule has 0 aliphatic heterocycles. The molecular weight excluding hydrogens is 869 g/mol. The minimum absolute atomic E-state index is 0.115. The second-order valence-electron chi connectivity index (χ2n) is 6.47. The molecule has 0 radical (unpaired) electrons. The fourth-order valence-electron chi connectivity index (χ4n) is 2.07. The first-order valence-corrected chi connectivity index (χ1v) is 13.8. The largest absolute Gasteiger partial charge is 0.506 e. The fraction of sp³-hybridized carbons (Fsp3) is 0.0870. The average molecular weight is 883 g/mol. The fourth-order valence-corrected chi connectivity index (χ4v) is 5.48. The Morgan fingerprint density at radius 1 is 0.944 bits per heavy atom. The van der Waals surface area contributed by atoms with Crippen LogP contribution < -0.4 is 4.74 Å². The number of phenolic OH excluding ortho intramolecular Hbond substituents is 2. The Bertz CT molecular complexity index is 1230. The standard InChI is InChI=1S/C9H8Cl2O3.C7H3Br2NO.C7H3I2NO/c1-5(9(12)13)14-8-3-2-6(10)4-7(8)11;2*8-5-1-4(3-10)2-6(9)7(5)11/h2-5H,1H3,(H,12,13);2*1-2,11H.